The Morgan fingerprint density at radius 3 is 2.59 bits per heavy atom. The monoisotopic (exact) mass is 239 g/mol. The number of hydrogen-bond acceptors (Lipinski definition) is 4. The molecule has 1 saturated heterocycles. The van der Waals surface area contributed by atoms with Crippen molar-refractivity contribution in [2.24, 2.45) is 5.92 Å². The number of carbonyl (C=O) groups excluding carboxylic acids is 2. The van der Waals surface area contributed by atoms with Crippen molar-refractivity contribution in [1.82, 2.24) is 4.90 Å². The molecule has 5 nitrogen and oxygen atoms in total. The van der Waals surface area contributed by atoms with Crippen LogP contribution in [-0.2, 0) is 14.3 Å². The Kier molecular flexibility index (Phi) is 3.47. The number of rotatable bonds is 2. The van der Waals surface area contributed by atoms with Gasteiger partial charge in [0.1, 0.15) is 6.04 Å². The minimum absolute atomic E-state index is 0.0537. The van der Waals surface area contributed by atoms with Crippen molar-refractivity contribution in [1.29, 1.82) is 0 Å². The Labute approximate surface area is 100 Å². The third-order valence-corrected chi connectivity index (χ3v) is 3.39. The van der Waals surface area contributed by atoms with Crippen molar-refractivity contribution in [2.45, 2.75) is 31.4 Å². The van der Waals surface area contributed by atoms with Gasteiger partial charge < -0.3 is 14.7 Å². The summed E-state index contributed by atoms with van der Waals surface area (Å²) < 4.78 is 4.67. The molecule has 0 radical (unpaired) electrons. The Bertz CT molecular complexity index is 344. The molecule has 1 aliphatic heterocycles. The van der Waals surface area contributed by atoms with Crippen LogP contribution in [0.1, 0.15) is 19.3 Å². The number of aliphatic hydroxyl groups excluding tert-OH is 1. The van der Waals surface area contributed by atoms with E-state index in [-0.39, 0.29) is 24.8 Å². The molecule has 2 aliphatic rings. The van der Waals surface area contributed by atoms with Gasteiger partial charge in [-0.1, -0.05) is 12.2 Å². The minimum Gasteiger partial charge on any atom is -0.467 e. The number of methoxy groups -OCH3 is 1. The number of esters is 1. The van der Waals surface area contributed by atoms with Crippen molar-refractivity contribution in [3.63, 3.8) is 0 Å². The number of hydrogen-bond donors (Lipinski definition) is 1. The minimum atomic E-state index is -0.627. The standard InChI is InChI=1S/C12H17NO4/c1-17-12(16)10-6-9(14)7-13(10)11(15)8-4-2-3-5-8/h2-3,8-10,14H,4-7H2,1H3. The van der Waals surface area contributed by atoms with E-state index in [1.807, 2.05) is 12.2 Å². The summed E-state index contributed by atoms with van der Waals surface area (Å²) in [4.78, 5) is 25.2. The van der Waals surface area contributed by atoms with Gasteiger partial charge in [0.25, 0.3) is 0 Å². The molecule has 1 N–H and O–H groups in total. The van der Waals surface area contributed by atoms with Crippen molar-refractivity contribution >= 4 is 11.9 Å². The summed E-state index contributed by atoms with van der Waals surface area (Å²) in [6.07, 6.45) is 5.04. The van der Waals surface area contributed by atoms with Crippen molar-refractivity contribution in [3.05, 3.63) is 12.2 Å². The van der Waals surface area contributed by atoms with Crippen LogP contribution in [0.5, 0.6) is 0 Å². The van der Waals surface area contributed by atoms with Gasteiger partial charge in [0, 0.05) is 18.9 Å². The summed E-state index contributed by atoms with van der Waals surface area (Å²) in [5.41, 5.74) is 0. The first kappa shape index (κ1) is 12.1. The van der Waals surface area contributed by atoms with Crippen LogP contribution >= 0.6 is 0 Å². The van der Waals surface area contributed by atoms with Gasteiger partial charge in [-0.3, -0.25) is 4.79 Å². The number of amides is 1. The third-order valence-electron chi connectivity index (χ3n) is 3.39. The van der Waals surface area contributed by atoms with E-state index >= 15 is 0 Å². The fraction of sp³-hybridized carbons (Fsp3) is 0.667. The fourth-order valence-corrected chi connectivity index (χ4v) is 2.47. The summed E-state index contributed by atoms with van der Waals surface area (Å²) in [5.74, 6) is -0.574. The van der Waals surface area contributed by atoms with Crippen LogP contribution in [-0.4, -0.2) is 47.7 Å². The van der Waals surface area contributed by atoms with Gasteiger partial charge in [-0.05, 0) is 12.8 Å². The zero-order chi connectivity index (χ0) is 12.4. The largest absolute Gasteiger partial charge is 0.467 e. The highest BCUT2D eigenvalue weighted by molar-refractivity contribution is 5.87. The van der Waals surface area contributed by atoms with Gasteiger partial charge in [0.05, 0.1) is 13.2 Å². The van der Waals surface area contributed by atoms with E-state index in [9.17, 15) is 14.7 Å². The van der Waals surface area contributed by atoms with Crippen LogP contribution < -0.4 is 0 Å². The van der Waals surface area contributed by atoms with E-state index in [1.165, 1.54) is 12.0 Å². The lowest BCUT2D eigenvalue weighted by Gasteiger charge is -2.25. The van der Waals surface area contributed by atoms with Crippen molar-refractivity contribution < 1.29 is 19.4 Å². The molecule has 1 fully saturated rings. The molecule has 0 saturated carbocycles. The van der Waals surface area contributed by atoms with Crippen LogP contribution in [0, 0.1) is 5.92 Å². The predicted molar refractivity (Wildman–Crippen MR) is 60.0 cm³/mol. The Hall–Kier alpha value is -1.36. The summed E-state index contributed by atoms with van der Waals surface area (Å²) in [5, 5.41) is 9.59. The van der Waals surface area contributed by atoms with Crippen molar-refractivity contribution in [2.75, 3.05) is 13.7 Å². The van der Waals surface area contributed by atoms with Crippen LogP contribution in [0.15, 0.2) is 12.2 Å². The summed E-state index contributed by atoms with van der Waals surface area (Å²) >= 11 is 0. The maximum Gasteiger partial charge on any atom is 0.328 e. The highest BCUT2D eigenvalue weighted by Crippen LogP contribution is 2.26. The highest BCUT2D eigenvalue weighted by Gasteiger charge is 2.41. The molecule has 0 aromatic carbocycles. The number of carbonyl (C=O) groups is 2. The Morgan fingerprint density at radius 1 is 1.35 bits per heavy atom. The lowest BCUT2D eigenvalue weighted by atomic mass is 10.1. The molecule has 1 heterocycles. The van der Waals surface area contributed by atoms with Gasteiger partial charge in [-0.25, -0.2) is 4.79 Å². The molecule has 0 spiro atoms. The second-order valence-electron chi connectivity index (χ2n) is 4.56. The quantitative estimate of drug-likeness (QED) is 0.547. The van der Waals surface area contributed by atoms with E-state index in [1.54, 1.807) is 0 Å². The van der Waals surface area contributed by atoms with Crippen LogP contribution in [0.3, 0.4) is 0 Å². The normalized spacial score (nSPS) is 28.7. The first-order valence-corrected chi connectivity index (χ1v) is 5.85. The number of nitrogens with zero attached hydrogens (tertiary/aromatic N) is 1. The SMILES string of the molecule is COC(=O)C1CC(O)CN1C(=O)C1CC=CC1. The second kappa shape index (κ2) is 4.87. The van der Waals surface area contributed by atoms with E-state index in [2.05, 4.69) is 4.74 Å². The smallest absolute Gasteiger partial charge is 0.328 e. The van der Waals surface area contributed by atoms with E-state index in [4.69, 9.17) is 0 Å². The fourth-order valence-electron chi connectivity index (χ4n) is 2.47. The van der Waals surface area contributed by atoms with Gasteiger partial charge in [0.2, 0.25) is 5.91 Å². The van der Waals surface area contributed by atoms with Crippen LogP contribution in [0.2, 0.25) is 0 Å². The first-order valence-electron chi connectivity index (χ1n) is 5.85. The highest BCUT2D eigenvalue weighted by atomic mass is 16.5. The zero-order valence-electron chi connectivity index (χ0n) is 9.83. The summed E-state index contributed by atoms with van der Waals surface area (Å²) in [6.45, 7) is 0.231. The van der Waals surface area contributed by atoms with Gasteiger partial charge >= 0.3 is 5.97 Å². The topological polar surface area (TPSA) is 66.8 Å². The Morgan fingerprint density at radius 2 is 2.00 bits per heavy atom. The van der Waals surface area contributed by atoms with Gasteiger partial charge in [-0.2, -0.15) is 0 Å². The number of aliphatic hydroxyl groups is 1. The average molecular weight is 239 g/mol. The first-order chi connectivity index (χ1) is 8.13. The molecule has 0 aromatic heterocycles. The molecule has 2 unspecified atom stereocenters. The molecular formula is C12H17NO4. The molecule has 0 aromatic rings. The second-order valence-corrected chi connectivity index (χ2v) is 4.56. The molecular weight excluding hydrogens is 222 g/mol. The van der Waals surface area contributed by atoms with E-state index in [0.717, 1.165) is 12.8 Å². The zero-order valence-corrected chi connectivity index (χ0v) is 9.83. The predicted octanol–water partition coefficient (Wildman–Crippen LogP) is 0.0874. The van der Waals surface area contributed by atoms with Crippen molar-refractivity contribution in [3.8, 4) is 0 Å². The van der Waals surface area contributed by atoms with Gasteiger partial charge in [-0.15, -0.1) is 0 Å². The molecule has 1 aliphatic carbocycles. The summed E-state index contributed by atoms with van der Waals surface area (Å²) in [6, 6.07) is -0.622. The maximum absolute atomic E-state index is 12.2. The number of likely N-dealkylation sites (tertiary alicyclic amines) is 1. The van der Waals surface area contributed by atoms with E-state index < -0.39 is 18.1 Å². The molecule has 2 rings (SSSR count). The lowest BCUT2D eigenvalue weighted by Crippen LogP contribution is -2.43. The van der Waals surface area contributed by atoms with Crippen LogP contribution in [0.25, 0.3) is 0 Å². The Balaban J connectivity index is 2.06. The summed E-state index contributed by atoms with van der Waals surface area (Å²) in [7, 11) is 1.30. The maximum atomic E-state index is 12.2. The number of ether oxygens (including phenoxy) is 1. The van der Waals surface area contributed by atoms with Gasteiger partial charge in [0.15, 0.2) is 0 Å². The lowest BCUT2D eigenvalue weighted by molar-refractivity contribution is -0.152. The van der Waals surface area contributed by atoms with Crippen LogP contribution in [0.4, 0.5) is 0 Å². The third kappa shape index (κ3) is 2.34. The average Bonchev–Trinajstić information content (AvgIpc) is 2.95. The molecule has 5 heteroatoms. The molecule has 1 amide bonds. The molecule has 17 heavy (non-hydrogen) atoms. The van der Waals surface area contributed by atoms with E-state index in [0.29, 0.717) is 0 Å². The molecule has 94 valence electrons. The molecule has 2 atom stereocenters. The number of β-amino-alcohol motifs (C(OH)–C–C–N with tert-alkyl or cyclic N) is 1. The number of allylic oxidation sites excluding steroid dienone is 2. The molecule has 0 bridgehead atoms.